The van der Waals surface area contributed by atoms with Gasteiger partial charge in [-0.3, -0.25) is 0 Å². The quantitative estimate of drug-likeness (QED) is 0.436. The number of hydrogen-bond donors (Lipinski definition) is 0. The van der Waals surface area contributed by atoms with Crippen molar-refractivity contribution in [2.45, 2.75) is 21.8 Å². The highest BCUT2D eigenvalue weighted by Gasteiger charge is 1.24. The molecule has 0 aliphatic rings. The van der Waals surface area contributed by atoms with E-state index in [1.54, 1.807) is 0 Å². The Labute approximate surface area is 45.5 Å². The lowest BCUT2D eigenvalue weighted by molar-refractivity contribution is -0.106. The van der Waals surface area contributed by atoms with Crippen LogP contribution in [0.1, 0.15) is 21.8 Å². The summed E-state index contributed by atoms with van der Waals surface area (Å²) in [5.74, 6) is 0. The Morgan fingerprint density at radius 1 is 1.29 bits per heavy atom. The zero-order chi connectivity index (χ0) is 4.71. The van der Waals surface area contributed by atoms with Crippen LogP contribution in [-0.4, -0.2) is 13.1 Å². The van der Waals surface area contributed by atoms with Crippen molar-refractivity contribution in [3.05, 3.63) is 0 Å². The molecule has 2 heteroatoms. The van der Waals surface area contributed by atoms with Gasteiger partial charge in [-0.15, -0.1) is 0 Å². The average molecular weight is 106 g/mol. The van der Waals surface area contributed by atoms with E-state index >= 15 is 0 Å². The predicted octanol–water partition coefficient (Wildman–Crippen LogP) is 1.29. The van der Waals surface area contributed by atoms with Gasteiger partial charge in [-0.1, -0.05) is 14.9 Å². The van der Waals surface area contributed by atoms with Crippen molar-refractivity contribution < 1.29 is 9.59 Å². The van der Waals surface area contributed by atoms with Gasteiger partial charge in [0.1, 0.15) is 13.1 Å². The van der Waals surface area contributed by atoms with Crippen LogP contribution >= 0.6 is 0 Å². The minimum atomic E-state index is 0. The van der Waals surface area contributed by atoms with Gasteiger partial charge in [-0.25, -0.2) is 0 Å². The summed E-state index contributed by atoms with van der Waals surface area (Å²) in [6.45, 7) is 3.44. The molecule has 0 radical (unpaired) electrons. The van der Waals surface area contributed by atoms with Gasteiger partial charge >= 0.3 is 0 Å². The molecular formula is C5H14O2. The van der Waals surface area contributed by atoms with Crippen LogP contribution in [-0.2, 0) is 9.59 Å². The van der Waals surface area contributed by atoms with Gasteiger partial charge in [-0.05, 0) is 6.92 Å². The second kappa shape index (κ2) is 870. The van der Waals surface area contributed by atoms with Crippen molar-refractivity contribution in [1.29, 1.82) is 0 Å². The second-order valence-corrected chi connectivity index (χ2v) is 0.236. The van der Waals surface area contributed by atoms with E-state index in [1.165, 1.54) is 6.92 Å². The molecule has 7 heavy (non-hydrogen) atoms. The van der Waals surface area contributed by atoms with E-state index in [0.717, 1.165) is 6.29 Å². The van der Waals surface area contributed by atoms with Crippen LogP contribution in [0.2, 0.25) is 0 Å². The second-order valence-electron chi connectivity index (χ2n) is 0.236. The van der Waals surface area contributed by atoms with E-state index in [0.29, 0.717) is 0 Å². The zero-order valence-corrected chi connectivity index (χ0v) is 3.10. The first-order valence-electron chi connectivity index (χ1n) is 1.10. The fourth-order valence-corrected chi connectivity index (χ4v) is 0. The van der Waals surface area contributed by atoms with Crippen LogP contribution in [0.25, 0.3) is 0 Å². The monoisotopic (exact) mass is 106 g/mol. The Bertz CT molecular complexity index is 20.0. The summed E-state index contributed by atoms with van der Waals surface area (Å²) in [4.78, 5) is 16.8. The molecule has 0 saturated heterocycles. The standard InChI is InChI=1S/C2H4O.CH2O.2CH4/c1-2-3;1-2;;/h2H,1H3;1H2;2*1H4. The predicted molar refractivity (Wildman–Crippen MR) is 32.3 cm³/mol. The molecule has 0 amide bonds. The lowest BCUT2D eigenvalue weighted by Gasteiger charge is -1.23. The van der Waals surface area contributed by atoms with Crippen LogP contribution in [0.3, 0.4) is 0 Å². The summed E-state index contributed by atoms with van der Waals surface area (Å²) in [5, 5.41) is 0. The molecule has 0 atom stereocenters. The van der Waals surface area contributed by atoms with Crippen LogP contribution in [0.15, 0.2) is 0 Å². The van der Waals surface area contributed by atoms with Gasteiger partial charge in [0.2, 0.25) is 0 Å². The smallest absolute Gasteiger partial charge is 0.116 e. The molecule has 0 aromatic carbocycles. The van der Waals surface area contributed by atoms with Gasteiger partial charge in [0.25, 0.3) is 0 Å². The molecule has 0 unspecified atom stereocenters. The van der Waals surface area contributed by atoms with E-state index in [-0.39, 0.29) is 14.9 Å². The van der Waals surface area contributed by atoms with Gasteiger partial charge in [0, 0.05) is 0 Å². The molecule has 0 bridgehead atoms. The van der Waals surface area contributed by atoms with Crippen LogP contribution < -0.4 is 0 Å². The highest BCUT2D eigenvalue weighted by Crippen LogP contribution is 1.13. The summed E-state index contributed by atoms with van der Waals surface area (Å²) in [5.41, 5.74) is 0. The van der Waals surface area contributed by atoms with E-state index in [2.05, 4.69) is 0 Å². The minimum Gasteiger partial charge on any atom is -0.307 e. The lowest BCUT2D eigenvalue weighted by atomic mass is 11.0. The third kappa shape index (κ3) is 137. The molecule has 0 spiro atoms. The Balaban J connectivity index is -0.0000000105. The Morgan fingerprint density at radius 3 is 1.29 bits per heavy atom. The first kappa shape index (κ1) is 33.0. The number of aldehydes is 1. The fraction of sp³-hybridized carbons (Fsp3) is 0.600. The first-order chi connectivity index (χ1) is 2.41. The number of carbonyl (C=O) groups is 2. The van der Waals surface area contributed by atoms with Gasteiger partial charge in [0.15, 0.2) is 0 Å². The lowest BCUT2D eigenvalue weighted by Crippen LogP contribution is -1.36. The topological polar surface area (TPSA) is 34.1 Å². The molecule has 0 fully saturated rings. The minimum absolute atomic E-state index is 0. The summed E-state index contributed by atoms with van der Waals surface area (Å²) >= 11 is 0. The summed E-state index contributed by atoms with van der Waals surface area (Å²) < 4.78 is 0. The van der Waals surface area contributed by atoms with Crippen molar-refractivity contribution >= 4 is 13.1 Å². The molecule has 2 nitrogen and oxygen atoms in total. The molecule has 46 valence electrons. The molecule has 0 N–H and O–H groups in total. The van der Waals surface area contributed by atoms with Crippen LogP contribution in [0.4, 0.5) is 0 Å². The molecule has 0 aromatic heterocycles. The normalized spacial score (nSPS) is 2.43. The van der Waals surface area contributed by atoms with Crippen LogP contribution in [0, 0.1) is 0 Å². The summed E-state index contributed by atoms with van der Waals surface area (Å²) in [6.07, 6.45) is 0.750. The number of carbonyl (C=O) groups excluding carboxylic acids is 2. The summed E-state index contributed by atoms with van der Waals surface area (Å²) in [6, 6.07) is 0. The molecule has 0 aliphatic heterocycles. The van der Waals surface area contributed by atoms with Gasteiger partial charge in [-0.2, -0.15) is 0 Å². The molecule has 0 aromatic rings. The summed E-state index contributed by atoms with van der Waals surface area (Å²) in [7, 11) is 0. The van der Waals surface area contributed by atoms with Crippen molar-refractivity contribution in [3.8, 4) is 0 Å². The average Bonchev–Trinajstić information content (AvgIpc) is 1.46. The Morgan fingerprint density at radius 2 is 1.29 bits per heavy atom. The third-order valence-electron chi connectivity index (χ3n) is 0. The molecular weight excluding hydrogens is 92.1 g/mol. The first-order valence-corrected chi connectivity index (χ1v) is 1.10. The van der Waals surface area contributed by atoms with E-state index in [9.17, 15) is 0 Å². The molecule has 0 heterocycles. The maximum atomic E-state index is 8.81. The van der Waals surface area contributed by atoms with Crippen LogP contribution in [0.5, 0.6) is 0 Å². The largest absolute Gasteiger partial charge is 0.307 e. The van der Waals surface area contributed by atoms with E-state index < -0.39 is 0 Å². The molecule has 0 saturated carbocycles. The molecule has 0 aliphatic carbocycles. The maximum Gasteiger partial charge on any atom is 0.116 e. The number of hydrogen-bond acceptors (Lipinski definition) is 2. The fourth-order valence-electron chi connectivity index (χ4n) is 0. The zero-order valence-electron chi connectivity index (χ0n) is 3.10. The Hall–Kier alpha value is -0.660. The third-order valence-corrected chi connectivity index (χ3v) is 0. The van der Waals surface area contributed by atoms with Gasteiger partial charge < -0.3 is 9.59 Å². The Kier molecular flexibility index (Phi) is 4100. The van der Waals surface area contributed by atoms with E-state index in [1.807, 2.05) is 6.79 Å². The van der Waals surface area contributed by atoms with Crippen molar-refractivity contribution in [1.82, 2.24) is 0 Å². The van der Waals surface area contributed by atoms with Crippen molar-refractivity contribution in [2.24, 2.45) is 0 Å². The van der Waals surface area contributed by atoms with Gasteiger partial charge in [0.05, 0.1) is 0 Å². The highest BCUT2D eigenvalue weighted by atomic mass is 16.1. The molecule has 0 rings (SSSR count). The van der Waals surface area contributed by atoms with E-state index in [4.69, 9.17) is 9.59 Å². The van der Waals surface area contributed by atoms with Crippen molar-refractivity contribution in [3.63, 3.8) is 0 Å². The maximum absolute atomic E-state index is 8.81. The number of rotatable bonds is 0. The SMILES string of the molecule is C.C.C=O.CC=O. The van der Waals surface area contributed by atoms with Crippen molar-refractivity contribution in [2.75, 3.05) is 0 Å². The highest BCUT2D eigenvalue weighted by molar-refractivity contribution is 5.44.